The maximum absolute atomic E-state index is 13.0. The Labute approximate surface area is 115 Å². The Bertz CT molecular complexity index is 507. The molecular formula is C15H16F4O. The van der Waals surface area contributed by atoms with Crippen LogP contribution in [0.3, 0.4) is 0 Å². The SMILES string of the molecule is Cc1cc(F)ccc1C(=O)C1CCCC(C(F)(F)F)C1. The van der Waals surface area contributed by atoms with E-state index in [0.29, 0.717) is 24.0 Å². The molecule has 110 valence electrons. The molecule has 1 saturated carbocycles. The molecule has 1 aliphatic rings. The van der Waals surface area contributed by atoms with Gasteiger partial charge in [-0.1, -0.05) is 6.42 Å². The Morgan fingerprint density at radius 3 is 2.55 bits per heavy atom. The highest BCUT2D eigenvalue weighted by atomic mass is 19.4. The zero-order valence-corrected chi connectivity index (χ0v) is 11.1. The number of aryl methyl sites for hydroxylation is 1. The molecule has 1 nitrogen and oxygen atoms in total. The number of rotatable bonds is 2. The fourth-order valence-corrected chi connectivity index (χ4v) is 2.85. The molecule has 0 amide bonds. The van der Waals surface area contributed by atoms with E-state index in [2.05, 4.69) is 0 Å². The number of ketones is 1. The smallest absolute Gasteiger partial charge is 0.294 e. The Hall–Kier alpha value is -1.39. The van der Waals surface area contributed by atoms with Crippen LogP contribution in [0, 0.1) is 24.6 Å². The standard InChI is InChI=1S/C15H16F4O/c1-9-7-12(16)5-6-13(9)14(20)10-3-2-4-11(8-10)15(17,18)19/h5-7,10-11H,2-4,8H2,1H3. The fraction of sp³-hybridized carbons (Fsp3) is 0.533. The van der Waals surface area contributed by atoms with Gasteiger partial charge in [-0.25, -0.2) is 4.39 Å². The molecule has 0 spiro atoms. The molecule has 0 N–H and O–H groups in total. The van der Waals surface area contributed by atoms with Gasteiger partial charge in [0, 0.05) is 11.5 Å². The van der Waals surface area contributed by atoms with E-state index >= 15 is 0 Å². The summed E-state index contributed by atoms with van der Waals surface area (Å²) >= 11 is 0. The van der Waals surface area contributed by atoms with Crippen molar-refractivity contribution in [3.63, 3.8) is 0 Å². The van der Waals surface area contributed by atoms with Gasteiger partial charge in [0.1, 0.15) is 5.82 Å². The van der Waals surface area contributed by atoms with Crippen LogP contribution in [-0.4, -0.2) is 12.0 Å². The highest BCUT2D eigenvalue weighted by Gasteiger charge is 2.43. The van der Waals surface area contributed by atoms with Crippen molar-refractivity contribution in [1.82, 2.24) is 0 Å². The molecule has 5 heteroatoms. The van der Waals surface area contributed by atoms with Crippen molar-refractivity contribution in [3.05, 3.63) is 35.1 Å². The van der Waals surface area contributed by atoms with Gasteiger partial charge in [-0.2, -0.15) is 13.2 Å². The Morgan fingerprint density at radius 1 is 1.25 bits per heavy atom. The number of hydrogen-bond acceptors (Lipinski definition) is 1. The van der Waals surface area contributed by atoms with Gasteiger partial charge in [0.15, 0.2) is 5.78 Å². The van der Waals surface area contributed by atoms with Gasteiger partial charge >= 0.3 is 6.18 Å². The van der Waals surface area contributed by atoms with E-state index in [1.54, 1.807) is 6.92 Å². The van der Waals surface area contributed by atoms with Crippen LogP contribution in [-0.2, 0) is 0 Å². The lowest BCUT2D eigenvalue weighted by Crippen LogP contribution is -2.32. The van der Waals surface area contributed by atoms with Gasteiger partial charge in [-0.15, -0.1) is 0 Å². The third kappa shape index (κ3) is 3.19. The van der Waals surface area contributed by atoms with E-state index < -0.39 is 23.8 Å². The molecule has 0 saturated heterocycles. The number of carbonyl (C=O) groups is 1. The molecule has 20 heavy (non-hydrogen) atoms. The van der Waals surface area contributed by atoms with Crippen molar-refractivity contribution in [2.45, 2.75) is 38.8 Å². The lowest BCUT2D eigenvalue weighted by Gasteiger charge is -2.30. The summed E-state index contributed by atoms with van der Waals surface area (Å²) in [6, 6.07) is 3.77. The first-order valence-corrected chi connectivity index (χ1v) is 6.66. The second-order valence-electron chi connectivity index (χ2n) is 5.43. The van der Waals surface area contributed by atoms with E-state index in [4.69, 9.17) is 0 Å². The van der Waals surface area contributed by atoms with Crippen molar-refractivity contribution < 1.29 is 22.4 Å². The fourth-order valence-electron chi connectivity index (χ4n) is 2.85. The molecule has 0 heterocycles. The topological polar surface area (TPSA) is 17.1 Å². The summed E-state index contributed by atoms with van der Waals surface area (Å²) in [5, 5.41) is 0. The molecule has 1 aromatic rings. The van der Waals surface area contributed by atoms with Gasteiger partial charge < -0.3 is 0 Å². The Morgan fingerprint density at radius 2 is 1.95 bits per heavy atom. The molecule has 0 aliphatic heterocycles. The number of benzene rings is 1. The zero-order chi connectivity index (χ0) is 14.9. The first-order chi connectivity index (χ1) is 9.29. The summed E-state index contributed by atoms with van der Waals surface area (Å²) in [5.74, 6) is -2.75. The monoisotopic (exact) mass is 288 g/mol. The molecule has 1 aliphatic carbocycles. The minimum atomic E-state index is -4.24. The molecular weight excluding hydrogens is 272 g/mol. The number of halogens is 4. The summed E-state index contributed by atoms with van der Waals surface area (Å²) in [7, 11) is 0. The Kier molecular flexibility index (Phi) is 4.16. The van der Waals surface area contributed by atoms with Crippen LogP contribution in [0.5, 0.6) is 0 Å². The van der Waals surface area contributed by atoms with E-state index in [1.165, 1.54) is 18.2 Å². The molecule has 0 radical (unpaired) electrons. The molecule has 0 aromatic heterocycles. The average Bonchev–Trinajstić information content (AvgIpc) is 2.37. The summed E-state index contributed by atoms with van der Waals surface area (Å²) in [4.78, 5) is 12.3. The highest BCUT2D eigenvalue weighted by Crippen LogP contribution is 2.41. The first kappa shape index (κ1) is 15.0. The van der Waals surface area contributed by atoms with Gasteiger partial charge in [-0.3, -0.25) is 4.79 Å². The van der Waals surface area contributed by atoms with Crippen molar-refractivity contribution in [1.29, 1.82) is 0 Å². The number of hydrogen-bond donors (Lipinski definition) is 0. The summed E-state index contributed by atoms with van der Waals surface area (Å²) < 4.78 is 51.3. The minimum Gasteiger partial charge on any atom is -0.294 e. The normalized spacial score (nSPS) is 23.6. The van der Waals surface area contributed by atoms with Crippen molar-refractivity contribution in [3.8, 4) is 0 Å². The molecule has 0 bridgehead atoms. The number of Topliss-reactive ketones (excluding diaryl/α,β-unsaturated/α-hetero) is 1. The maximum atomic E-state index is 13.0. The maximum Gasteiger partial charge on any atom is 0.391 e. The second kappa shape index (κ2) is 5.54. The van der Waals surface area contributed by atoms with Crippen LogP contribution in [0.2, 0.25) is 0 Å². The molecule has 2 rings (SSSR count). The first-order valence-electron chi connectivity index (χ1n) is 6.66. The summed E-state index contributed by atoms with van der Waals surface area (Å²) in [5.41, 5.74) is 0.809. The van der Waals surface area contributed by atoms with E-state index in [9.17, 15) is 22.4 Å². The summed E-state index contributed by atoms with van der Waals surface area (Å²) in [6.07, 6.45) is -3.42. The van der Waals surface area contributed by atoms with Gasteiger partial charge in [0.05, 0.1) is 5.92 Å². The molecule has 1 fully saturated rings. The van der Waals surface area contributed by atoms with Crippen LogP contribution in [0.15, 0.2) is 18.2 Å². The number of alkyl halides is 3. The van der Waals surface area contributed by atoms with Gasteiger partial charge in [-0.05, 0) is 49.9 Å². The largest absolute Gasteiger partial charge is 0.391 e. The molecule has 2 atom stereocenters. The van der Waals surface area contributed by atoms with Crippen molar-refractivity contribution in [2.24, 2.45) is 11.8 Å². The molecule has 2 unspecified atom stereocenters. The number of carbonyl (C=O) groups excluding carboxylic acids is 1. The van der Waals surface area contributed by atoms with Gasteiger partial charge in [0.2, 0.25) is 0 Å². The predicted octanol–water partition coefficient (Wildman–Crippen LogP) is 4.69. The minimum absolute atomic E-state index is 0.0929. The third-order valence-corrected chi connectivity index (χ3v) is 3.96. The van der Waals surface area contributed by atoms with E-state index in [-0.39, 0.29) is 18.6 Å². The lowest BCUT2D eigenvalue weighted by molar-refractivity contribution is -0.184. The van der Waals surface area contributed by atoms with Crippen LogP contribution in [0.4, 0.5) is 17.6 Å². The lowest BCUT2D eigenvalue weighted by atomic mass is 9.77. The van der Waals surface area contributed by atoms with Crippen LogP contribution in [0.25, 0.3) is 0 Å². The quantitative estimate of drug-likeness (QED) is 0.570. The second-order valence-corrected chi connectivity index (χ2v) is 5.43. The summed E-state index contributed by atoms with van der Waals surface area (Å²) in [6.45, 7) is 1.60. The van der Waals surface area contributed by atoms with E-state index in [1.807, 2.05) is 0 Å². The van der Waals surface area contributed by atoms with Crippen LogP contribution >= 0.6 is 0 Å². The molecule has 1 aromatic carbocycles. The zero-order valence-electron chi connectivity index (χ0n) is 11.1. The average molecular weight is 288 g/mol. The predicted molar refractivity (Wildman–Crippen MR) is 67.0 cm³/mol. The third-order valence-electron chi connectivity index (χ3n) is 3.96. The Balaban J connectivity index is 2.16. The van der Waals surface area contributed by atoms with Crippen molar-refractivity contribution >= 4 is 5.78 Å². The van der Waals surface area contributed by atoms with Crippen LogP contribution < -0.4 is 0 Å². The van der Waals surface area contributed by atoms with Crippen LogP contribution in [0.1, 0.15) is 41.6 Å². The highest BCUT2D eigenvalue weighted by molar-refractivity contribution is 5.99. The van der Waals surface area contributed by atoms with Gasteiger partial charge in [0.25, 0.3) is 0 Å². The van der Waals surface area contributed by atoms with E-state index in [0.717, 1.165) is 0 Å². The van der Waals surface area contributed by atoms with Crippen molar-refractivity contribution in [2.75, 3.05) is 0 Å².